The van der Waals surface area contributed by atoms with Gasteiger partial charge in [0.2, 0.25) is 5.91 Å². The zero-order chi connectivity index (χ0) is 15.8. The van der Waals surface area contributed by atoms with Gasteiger partial charge < -0.3 is 14.4 Å². The van der Waals surface area contributed by atoms with Gasteiger partial charge in [-0.2, -0.15) is 0 Å². The van der Waals surface area contributed by atoms with Gasteiger partial charge in [0, 0.05) is 0 Å². The van der Waals surface area contributed by atoms with E-state index < -0.39 is 17.9 Å². The van der Waals surface area contributed by atoms with Gasteiger partial charge in [-0.3, -0.25) is 14.4 Å². The van der Waals surface area contributed by atoms with E-state index in [2.05, 4.69) is 9.47 Å². The van der Waals surface area contributed by atoms with E-state index in [1.807, 2.05) is 30.3 Å². The Balaban J connectivity index is 2.87. The van der Waals surface area contributed by atoms with Crippen molar-refractivity contribution in [3.8, 4) is 0 Å². The molecule has 0 fully saturated rings. The Morgan fingerprint density at radius 2 is 1.48 bits per heavy atom. The van der Waals surface area contributed by atoms with Crippen LogP contribution in [0.1, 0.15) is 18.4 Å². The van der Waals surface area contributed by atoms with E-state index in [0.29, 0.717) is 0 Å². The molecule has 0 saturated carbocycles. The Morgan fingerprint density at radius 1 is 1.00 bits per heavy atom. The molecule has 6 heteroatoms. The second-order valence-corrected chi connectivity index (χ2v) is 4.48. The number of hydrogen-bond donors (Lipinski definition) is 0. The molecule has 0 aliphatic heterocycles. The van der Waals surface area contributed by atoms with Crippen LogP contribution in [0.5, 0.6) is 0 Å². The highest BCUT2D eigenvalue weighted by atomic mass is 16.5. The fourth-order valence-corrected chi connectivity index (χ4v) is 1.81. The summed E-state index contributed by atoms with van der Waals surface area (Å²) in [5.41, 5.74) is 0.808. The van der Waals surface area contributed by atoms with Crippen molar-refractivity contribution in [1.82, 2.24) is 4.90 Å². The lowest BCUT2D eigenvalue weighted by atomic mass is 10.00. The number of carbonyl (C=O) groups excluding carboxylic acids is 3. The van der Waals surface area contributed by atoms with Crippen molar-refractivity contribution in [2.75, 3.05) is 27.3 Å². The molecular weight excluding hydrogens is 274 g/mol. The lowest BCUT2D eigenvalue weighted by Crippen LogP contribution is -2.42. The van der Waals surface area contributed by atoms with E-state index in [0.717, 1.165) is 10.5 Å². The molecule has 1 amide bonds. The number of ether oxygens (including phenoxy) is 2. The molecule has 0 spiro atoms. The van der Waals surface area contributed by atoms with Gasteiger partial charge in [0.05, 0.1) is 20.1 Å². The van der Waals surface area contributed by atoms with Crippen molar-refractivity contribution < 1.29 is 23.9 Å². The van der Waals surface area contributed by atoms with Crippen LogP contribution >= 0.6 is 0 Å². The number of nitrogens with zero attached hydrogens (tertiary/aromatic N) is 1. The maximum absolute atomic E-state index is 12.5. The minimum absolute atomic E-state index is 0.290. The number of methoxy groups -OCH3 is 2. The first-order valence-electron chi connectivity index (χ1n) is 6.47. The Morgan fingerprint density at radius 3 is 1.90 bits per heavy atom. The van der Waals surface area contributed by atoms with Crippen molar-refractivity contribution >= 4 is 17.8 Å². The van der Waals surface area contributed by atoms with Crippen LogP contribution in [0.25, 0.3) is 0 Å². The van der Waals surface area contributed by atoms with E-state index in [9.17, 15) is 14.4 Å². The molecule has 1 aromatic carbocycles. The molecule has 6 nitrogen and oxygen atoms in total. The van der Waals surface area contributed by atoms with Crippen LogP contribution in [0.3, 0.4) is 0 Å². The van der Waals surface area contributed by atoms with Gasteiger partial charge in [0.25, 0.3) is 0 Å². The summed E-state index contributed by atoms with van der Waals surface area (Å²) in [6, 6.07) is 9.13. The predicted molar refractivity (Wildman–Crippen MR) is 75.5 cm³/mol. The van der Waals surface area contributed by atoms with Crippen LogP contribution in [0, 0.1) is 0 Å². The maximum atomic E-state index is 12.5. The van der Waals surface area contributed by atoms with Gasteiger partial charge in [0.15, 0.2) is 0 Å². The standard InChI is InChI=1S/C15H19NO5/c1-11(12-7-5-4-6-8-12)15(19)16(9-13(17)20-2)10-14(18)21-3/h4-8,11H,9-10H2,1-3H3. The lowest BCUT2D eigenvalue weighted by Gasteiger charge is -2.23. The molecule has 21 heavy (non-hydrogen) atoms. The molecule has 0 aliphatic rings. The van der Waals surface area contributed by atoms with Crippen LogP contribution in [-0.2, 0) is 23.9 Å². The van der Waals surface area contributed by atoms with Gasteiger partial charge in [-0.15, -0.1) is 0 Å². The SMILES string of the molecule is COC(=O)CN(CC(=O)OC)C(=O)C(C)c1ccccc1. The summed E-state index contributed by atoms with van der Waals surface area (Å²) < 4.78 is 9.09. The Labute approximate surface area is 123 Å². The van der Waals surface area contributed by atoms with Crippen LogP contribution in [0.15, 0.2) is 30.3 Å². The van der Waals surface area contributed by atoms with Crippen molar-refractivity contribution in [3.05, 3.63) is 35.9 Å². The molecule has 0 heterocycles. The molecular formula is C15H19NO5. The Hall–Kier alpha value is -2.37. The summed E-state index contributed by atoms with van der Waals surface area (Å²) >= 11 is 0. The molecule has 0 aromatic heterocycles. The molecule has 0 N–H and O–H groups in total. The van der Waals surface area contributed by atoms with Crippen LogP contribution in [0.2, 0.25) is 0 Å². The van der Waals surface area contributed by atoms with Crippen molar-refractivity contribution in [1.29, 1.82) is 0 Å². The quantitative estimate of drug-likeness (QED) is 0.731. The second kappa shape index (κ2) is 8.04. The Kier molecular flexibility index (Phi) is 6.39. The number of hydrogen-bond acceptors (Lipinski definition) is 5. The minimum atomic E-state index is -0.590. The highest BCUT2D eigenvalue weighted by molar-refractivity contribution is 5.89. The molecule has 114 valence electrons. The summed E-state index contributed by atoms with van der Waals surface area (Å²) in [4.78, 5) is 36.4. The molecule has 0 aliphatic carbocycles. The topological polar surface area (TPSA) is 72.9 Å². The number of rotatable bonds is 6. The first kappa shape index (κ1) is 16.7. The molecule has 1 aromatic rings. The van der Waals surface area contributed by atoms with E-state index in [1.165, 1.54) is 14.2 Å². The minimum Gasteiger partial charge on any atom is -0.468 e. The average Bonchev–Trinajstić information content (AvgIpc) is 2.53. The Bertz CT molecular complexity index is 482. The highest BCUT2D eigenvalue weighted by Gasteiger charge is 2.26. The number of carbonyl (C=O) groups is 3. The molecule has 1 atom stereocenters. The van der Waals surface area contributed by atoms with Crippen molar-refractivity contribution in [2.45, 2.75) is 12.8 Å². The fourth-order valence-electron chi connectivity index (χ4n) is 1.81. The van der Waals surface area contributed by atoms with Gasteiger partial charge in [-0.05, 0) is 12.5 Å². The van der Waals surface area contributed by atoms with Gasteiger partial charge >= 0.3 is 11.9 Å². The number of amides is 1. The summed E-state index contributed by atoms with van der Waals surface area (Å²) in [7, 11) is 2.45. The zero-order valence-corrected chi connectivity index (χ0v) is 12.4. The van der Waals surface area contributed by atoms with Crippen LogP contribution < -0.4 is 0 Å². The summed E-state index contributed by atoms with van der Waals surface area (Å²) in [5, 5.41) is 0. The smallest absolute Gasteiger partial charge is 0.325 e. The normalized spacial score (nSPS) is 11.4. The van der Waals surface area contributed by atoms with Gasteiger partial charge in [-0.1, -0.05) is 30.3 Å². The van der Waals surface area contributed by atoms with Crippen molar-refractivity contribution in [2.24, 2.45) is 0 Å². The number of benzene rings is 1. The molecule has 0 bridgehead atoms. The fraction of sp³-hybridized carbons (Fsp3) is 0.400. The number of esters is 2. The third-order valence-corrected chi connectivity index (χ3v) is 3.08. The van der Waals surface area contributed by atoms with Crippen LogP contribution in [0.4, 0.5) is 0 Å². The molecule has 0 radical (unpaired) electrons. The summed E-state index contributed by atoms with van der Waals surface area (Å²) in [6.45, 7) is 1.14. The van der Waals surface area contributed by atoms with E-state index in [1.54, 1.807) is 6.92 Å². The van der Waals surface area contributed by atoms with Gasteiger partial charge in [-0.25, -0.2) is 0 Å². The van der Waals surface area contributed by atoms with Crippen LogP contribution in [-0.4, -0.2) is 50.1 Å². The molecule has 0 saturated heterocycles. The third kappa shape index (κ3) is 4.91. The molecule has 1 rings (SSSR count). The maximum Gasteiger partial charge on any atom is 0.325 e. The zero-order valence-electron chi connectivity index (χ0n) is 12.4. The lowest BCUT2D eigenvalue weighted by molar-refractivity contribution is -0.152. The molecule has 1 unspecified atom stereocenters. The van der Waals surface area contributed by atoms with Crippen molar-refractivity contribution in [3.63, 3.8) is 0 Å². The summed E-state index contributed by atoms with van der Waals surface area (Å²) in [5.74, 6) is -1.99. The largest absolute Gasteiger partial charge is 0.468 e. The van der Waals surface area contributed by atoms with E-state index in [4.69, 9.17) is 0 Å². The first-order chi connectivity index (χ1) is 9.99. The predicted octanol–water partition coefficient (Wildman–Crippen LogP) is 0.965. The summed E-state index contributed by atoms with van der Waals surface area (Å²) in [6.07, 6.45) is 0. The van der Waals surface area contributed by atoms with Gasteiger partial charge in [0.1, 0.15) is 13.1 Å². The monoisotopic (exact) mass is 293 g/mol. The van der Waals surface area contributed by atoms with E-state index in [-0.39, 0.29) is 19.0 Å². The highest BCUT2D eigenvalue weighted by Crippen LogP contribution is 2.17. The van der Waals surface area contributed by atoms with E-state index >= 15 is 0 Å². The third-order valence-electron chi connectivity index (χ3n) is 3.08. The average molecular weight is 293 g/mol. The first-order valence-corrected chi connectivity index (χ1v) is 6.47. The second-order valence-electron chi connectivity index (χ2n) is 4.48.